The van der Waals surface area contributed by atoms with Crippen LogP contribution in [0.4, 0.5) is 15.8 Å². The number of nitrogens with one attached hydrogen (secondary N) is 1. The Balaban J connectivity index is 2.07. The number of piperidine rings is 1. The minimum absolute atomic E-state index is 0.00562. The van der Waals surface area contributed by atoms with Gasteiger partial charge < -0.3 is 10.2 Å². The maximum Gasteiger partial charge on any atom is 0.272 e. The average molecular weight is 267 g/mol. The molecule has 1 atom stereocenters. The summed E-state index contributed by atoms with van der Waals surface area (Å²) >= 11 is 0. The van der Waals surface area contributed by atoms with Crippen molar-refractivity contribution in [1.82, 2.24) is 4.90 Å². The summed E-state index contributed by atoms with van der Waals surface area (Å²) in [5.41, 5.74) is -0.101. The van der Waals surface area contributed by atoms with Crippen molar-refractivity contribution in [3.8, 4) is 0 Å². The smallest absolute Gasteiger partial charge is 0.272 e. The molecule has 2 rings (SSSR count). The van der Waals surface area contributed by atoms with Gasteiger partial charge in [-0.2, -0.15) is 0 Å². The van der Waals surface area contributed by atoms with E-state index in [2.05, 4.69) is 5.32 Å². The molecule has 102 valence electrons. The molecular formula is C12H14FN3O3. The van der Waals surface area contributed by atoms with Gasteiger partial charge in [-0.15, -0.1) is 0 Å². The second-order valence-electron chi connectivity index (χ2n) is 4.57. The number of halogens is 1. The third kappa shape index (κ3) is 2.98. The van der Waals surface area contributed by atoms with Crippen LogP contribution >= 0.6 is 0 Å². The van der Waals surface area contributed by atoms with E-state index in [0.29, 0.717) is 13.0 Å². The van der Waals surface area contributed by atoms with Crippen LogP contribution in [0.15, 0.2) is 18.2 Å². The van der Waals surface area contributed by atoms with E-state index in [1.165, 1.54) is 12.1 Å². The fourth-order valence-electron chi connectivity index (χ4n) is 2.02. The Labute approximate surface area is 109 Å². The molecule has 1 aromatic rings. The minimum Gasteiger partial charge on any atom is -0.379 e. The Hall–Kier alpha value is -2.18. The Morgan fingerprint density at radius 2 is 2.26 bits per heavy atom. The Bertz CT molecular complexity index is 521. The standard InChI is InChI=1S/C12H14FN3O3/c1-15-5-4-8(6-12(15)17)14-11-3-2-9(16(18)19)7-10(11)13/h2-3,7-8,14H,4-6H2,1H3. The van der Waals surface area contributed by atoms with E-state index >= 15 is 0 Å². The summed E-state index contributed by atoms with van der Waals surface area (Å²) in [7, 11) is 1.73. The van der Waals surface area contributed by atoms with Gasteiger partial charge in [-0.25, -0.2) is 4.39 Å². The molecule has 0 spiro atoms. The second-order valence-corrected chi connectivity index (χ2v) is 4.57. The first-order valence-corrected chi connectivity index (χ1v) is 5.92. The first-order valence-electron chi connectivity index (χ1n) is 5.92. The van der Waals surface area contributed by atoms with Crippen molar-refractivity contribution in [2.45, 2.75) is 18.9 Å². The maximum absolute atomic E-state index is 13.7. The molecule has 1 aliphatic rings. The normalized spacial score (nSPS) is 19.4. The van der Waals surface area contributed by atoms with Crippen molar-refractivity contribution in [3.63, 3.8) is 0 Å². The second kappa shape index (κ2) is 5.21. The van der Waals surface area contributed by atoms with Crippen LogP contribution in [0.25, 0.3) is 0 Å². The highest BCUT2D eigenvalue weighted by Crippen LogP contribution is 2.23. The summed E-state index contributed by atoms with van der Waals surface area (Å²) in [4.78, 5) is 23.0. The molecule has 1 amide bonds. The molecule has 1 heterocycles. The first-order chi connectivity index (χ1) is 8.97. The molecule has 0 aliphatic carbocycles. The molecule has 1 unspecified atom stereocenters. The molecule has 0 radical (unpaired) electrons. The highest BCUT2D eigenvalue weighted by atomic mass is 19.1. The van der Waals surface area contributed by atoms with Gasteiger partial charge >= 0.3 is 0 Å². The SMILES string of the molecule is CN1CCC(Nc2ccc([N+](=O)[O-])cc2F)CC1=O. The molecule has 0 saturated carbocycles. The van der Waals surface area contributed by atoms with E-state index in [0.717, 1.165) is 12.5 Å². The fraction of sp³-hybridized carbons (Fsp3) is 0.417. The number of nitro benzene ring substituents is 1. The fourth-order valence-corrected chi connectivity index (χ4v) is 2.02. The molecule has 1 N–H and O–H groups in total. The lowest BCUT2D eigenvalue weighted by atomic mass is 10.0. The van der Waals surface area contributed by atoms with E-state index in [9.17, 15) is 19.3 Å². The number of non-ortho nitro benzene ring substituents is 1. The maximum atomic E-state index is 13.7. The molecular weight excluding hydrogens is 253 g/mol. The molecule has 1 aromatic carbocycles. The van der Waals surface area contributed by atoms with E-state index in [-0.39, 0.29) is 23.3 Å². The number of benzene rings is 1. The van der Waals surface area contributed by atoms with E-state index in [4.69, 9.17) is 0 Å². The van der Waals surface area contributed by atoms with Gasteiger partial charge in [-0.3, -0.25) is 14.9 Å². The van der Waals surface area contributed by atoms with Gasteiger partial charge in [0.25, 0.3) is 5.69 Å². The summed E-state index contributed by atoms with van der Waals surface area (Å²) in [6.45, 7) is 0.616. The number of carbonyl (C=O) groups is 1. The van der Waals surface area contributed by atoms with Crippen LogP contribution in [-0.4, -0.2) is 35.4 Å². The third-order valence-electron chi connectivity index (χ3n) is 3.18. The zero-order chi connectivity index (χ0) is 14.0. The van der Waals surface area contributed by atoms with Crippen LogP contribution < -0.4 is 5.32 Å². The van der Waals surface area contributed by atoms with E-state index in [1.54, 1.807) is 11.9 Å². The number of nitrogens with zero attached hydrogens (tertiary/aromatic N) is 2. The molecule has 19 heavy (non-hydrogen) atoms. The number of carbonyl (C=O) groups excluding carboxylic acids is 1. The zero-order valence-corrected chi connectivity index (χ0v) is 10.4. The number of amides is 1. The summed E-state index contributed by atoms with van der Waals surface area (Å²) in [5, 5.41) is 13.4. The predicted octanol–water partition coefficient (Wildman–Crippen LogP) is 1.77. The summed E-state index contributed by atoms with van der Waals surface area (Å²) < 4.78 is 13.7. The highest BCUT2D eigenvalue weighted by molar-refractivity contribution is 5.78. The van der Waals surface area contributed by atoms with Crippen LogP contribution in [-0.2, 0) is 4.79 Å². The average Bonchev–Trinajstić information content (AvgIpc) is 2.36. The lowest BCUT2D eigenvalue weighted by Crippen LogP contribution is -2.41. The topological polar surface area (TPSA) is 75.5 Å². The molecule has 7 heteroatoms. The summed E-state index contributed by atoms with van der Waals surface area (Å²) in [5.74, 6) is -0.674. The van der Waals surface area contributed by atoms with E-state index < -0.39 is 10.7 Å². The van der Waals surface area contributed by atoms with Crippen molar-refractivity contribution in [2.24, 2.45) is 0 Å². The largest absolute Gasteiger partial charge is 0.379 e. The van der Waals surface area contributed by atoms with Crippen LogP contribution in [0.2, 0.25) is 0 Å². The molecule has 0 aromatic heterocycles. The van der Waals surface area contributed by atoms with Crippen molar-refractivity contribution < 1.29 is 14.1 Å². The summed E-state index contributed by atoms with van der Waals surface area (Å²) in [6, 6.07) is 3.30. The van der Waals surface area contributed by atoms with Gasteiger partial charge in [0, 0.05) is 32.1 Å². The van der Waals surface area contributed by atoms with E-state index in [1.807, 2.05) is 0 Å². The molecule has 0 bridgehead atoms. The van der Waals surface area contributed by atoms with Gasteiger partial charge in [0.05, 0.1) is 16.7 Å². The van der Waals surface area contributed by atoms with Crippen molar-refractivity contribution in [2.75, 3.05) is 18.9 Å². The number of hydrogen-bond acceptors (Lipinski definition) is 4. The van der Waals surface area contributed by atoms with Gasteiger partial charge in [0.1, 0.15) is 0 Å². The van der Waals surface area contributed by atoms with Crippen molar-refractivity contribution in [1.29, 1.82) is 0 Å². The predicted molar refractivity (Wildman–Crippen MR) is 67.3 cm³/mol. The van der Waals surface area contributed by atoms with Gasteiger partial charge in [0.15, 0.2) is 5.82 Å². The number of likely N-dealkylation sites (tertiary alicyclic amines) is 1. The number of nitro groups is 1. The minimum atomic E-state index is -0.680. The van der Waals surface area contributed by atoms with Crippen LogP contribution in [0.1, 0.15) is 12.8 Å². The third-order valence-corrected chi connectivity index (χ3v) is 3.18. The van der Waals surface area contributed by atoms with Crippen LogP contribution in [0.5, 0.6) is 0 Å². The number of hydrogen-bond donors (Lipinski definition) is 1. The number of anilines is 1. The van der Waals surface area contributed by atoms with Gasteiger partial charge in [-0.05, 0) is 12.5 Å². The molecule has 1 saturated heterocycles. The van der Waals surface area contributed by atoms with Gasteiger partial charge in [-0.1, -0.05) is 0 Å². The lowest BCUT2D eigenvalue weighted by Gasteiger charge is -2.29. The summed E-state index contributed by atoms with van der Waals surface area (Å²) in [6.07, 6.45) is 1.02. The van der Waals surface area contributed by atoms with Gasteiger partial charge in [0.2, 0.25) is 5.91 Å². The first kappa shape index (κ1) is 13.3. The quantitative estimate of drug-likeness (QED) is 0.669. The zero-order valence-electron chi connectivity index (χ0n) is 10.4. The molecule has 1 fully saturated rings. The molecule has 1 aliphatic heterocycles. The Morgan fingerprint density at radius 3 is 2.84 bits per heavy atom. The monoisotopic (exact) mass is 267 g/mol. The lowest BCUT2D eigenvalue weighted by molar-refractivity contribution is -0.385. The van der Waals surface area contributed by atoms with Crippen molar-refractivity contribution >= 4 is 17.3 Å². The Morgan fingerprint density at radius 1 is 1.53 bits per heavy atom. The highest BCUT2D eigenvalue weighted by Gasteiger charge is 2.24. The van der Waals surface area contributed by atoms with Crippen LogP contribution in [0.3, 0.4) is 0 Å². The number of rotatable bonds is 3. The Kier molecular flexibility index (Phi) is 3.64. The van der Waals surface area contributed by atoms with Crippen LogP contribution in [0, 0.1) is 15.9 Å². The van der Waals surface area contributed by atoms with Crippen molar-refractivity contribution in [3.05, 3.63) is 34.1 Å². The molecule has 6 nitrogen and oxygen atoms in total.